The summed E-state index contributed by atoms with van der Waals surface area (Å²) in [6.07, 6.45) is 2.25. The van der Waals surface area contributed by atoms with Crippen LogP contribution in [0.15, 0.2) is 5.38 Å². The van der Waals surface area contributed by atoms with Crippen LogP contribution < -0.4 is 4.90 Å². The van der Waals surface area contributed by atoms with Gasteiger partial charge in [0.05, 0.1) is 10.6 Å². The Balaban J connectivity index is 2.25. The van der Waals surface area contributed by atoms with E-state index >= 15 is 0 Å². The number of aldehydes is 1. The van der Waals surface area contributed by atoms with Crippen molar-refractivity contribution in [1.82, 2.24) is 0 Å². The molecule has 0 N–H and O–H groups in total. The van der Waals surface area contributed by atoms with E-state index in [4.69, 9.17) is 4.74 Å². The van der Waals surface area contributed by atoms with E-state index in [9.17, 15) is 9.59 Å². The molecule has 4 nitrogen and oxygen atoms in total. The summed E-state index contributed by atoms with van der Waals surface area (Å²) >= 11 is 1.39. The number of fused-ring (bicyclic) bond motifs is 1. The van der Waals surface area contributed by atoms with E-state index in [1.54, 1.807) is 4.90 Å². The molecule has 0 spiro atoms. The number of hydrogen-bond acceptors (Lipinski definition) is 4. The summed E-state index contributed by atoms with van der Waals surface area (Å²) in [4.78, 5) is 25.4. The molecule has 98 valence electrons. The maximum absolute atomic E-state index is 12.1. The number of thiophene rings is 1. The number of ether oxygens (including phenoxy) is 1. The maximum Gasteiger partial charge on any atom is 0.414 e. The summed E-state index contributed by atoms with van der Waals surface area (Å²) in [5.74, 6) is 0. The van der Waals surface area contributed by atoms with Crippen LogP contribution in [0.4, 0.5) is 10.5 Å². The normalized spacial score (nSPS) is 15.2. The number of carbonyl (C=O) groups excluding carboxylic acids is 2. The largest absolute Gasteiger partial charge is 0.443 e. The van der Waals surface area contributed by atoms with Crippen molar-refractivity contribution in [2.75, 3.05) is 11.4 Å². The summed E-state index contributed by atoms with van der Waals surface area (Å²) < 4.78 is 5.38. The number of hydrogen-bond donors (Lipinski definition) is 0. The number of anilines is 1. The smallest absolute Gasteiger partial charge is 0.414 e. The Hall–Kier alpha value is -1.36. The first kappa shape index (κ1) is 13.1. The van der Waals surface area contributed by atoms with E-state index in [0.717, 1.165) is 35.3 Å². The molecule has 1 aromatic rings. The fourth-order valence-electron chi connectivity index (χ4n) is 2.01. The molecule has 0 fully saturated rings. The van der Waals surface area contributed by atoms with Crippen molar-refractivity contribution in [2.45, 2.75) is 39.2 Å². The van der Waals surface area contributed by atoms with Crippen LogP contribution >= 0.6 is 11.3 Å². The first-order chi connectivity index (χ1) is 8.42. The summed E-state index contributed by atoms with van der Waals surface area (Å²) in [5.41, 5.74) is 1.31. The van der Waals surface area contributed by atoms with Gasteiger partial charge in [0.1, 0.15) is 5.60 Å². The third-order valence-electron chi connectivity index (χ3n) is 2.72. The zero-order valence-corrected chi connectivity index (χ0v) is 11.7. The van der Waals surface area contributed by atoms with Crippen LogP contribution in [-0.2, 0) is 11.2 Å². The lowest BCUT2D eigenvalue weighted by Crippen LogP contribution is -2.39. The van der Waals surface area contributed by atoms with E-state index in [2.05, 4.69) is 0 Å². The average molecular weight is 267 g/mol. The molecule has 1 aliphatic rings. The van der Waals surface area contributed by atoms with Crippen molar-refractivity contribution in [3.8, 4) is 0 Å². The van der Waals surface area contributed by atoms with Crippen LogP contribution in [0.3, 0.4) is 0 Å². The van der Waals surface area contributed by atoms with Crippen LogP contribution in [0.1, 0.15) is 42.4 Å². The van der Waals surface area contributed by atoms with Gasteiger partial charge in [0.2, 0.25) is 0 Å². The van der Waals surface area contributed by atoms with Gasteiger partial charge in [-0.05, 0) is 39.2 Å². The molecule has 0 aliphatic carbocycles. The molecule has 0 bridgehead atoms. The van der Waals surface area contributed by atoms with Crippen LogP contribution in [0.2, 0.25) is 0 Å². The Kier molecular flexibility index (Phi) is 3.43. The standard InChI is InChI=1S/C13H17NO3S/c1-13(2,3)17-12(16)14-6-4-5-9-10(14)8-18-11(9)7-15/h7-8H,4-6H2,1-3H3. The zero-order valence-electron chi connectivity index (χ0n) is 10.9. The lowest BCUT2D eigenvalue weighted by atomic mass is 10.0. The van der Waals surface area contributed by atoms with Crippen molar-refractivity contribution in [1.29, 1.82) is 0 Å². The molecular weight excluding hydrogens is 250 g/mol. The average Bonchev–Trinajstić information content (AvgIpc) is 2.69. The monoisotopic (exact) mass is 267 g/mol. The van der Waals surface area contributed by atoms with Crippen LogP contribution in [-0.4, -0.2) is 24.5 Å². The summed E-state index contributed by atoms with van der Waals surface area (Å²) in [6.45, 7) is 6.19. The van der Waals surface area contributed by atoms with Gasteiger partial charge in [-0.2, -0.15) is 0 Å². The lowest BCUT2D eigenvalue weighted by molar-refractivity contribution is 0.0577. The molecule has 18 heavy (non-hydrogen) atoms. The van der Waals surface area contributed by atoms with Gasteiger partial charge in [0.25, 0.3) is 0 Å². The van der Waals surface area contributed by atoms with Gasteiger partial charge in [0.15, 0.2) is 6.29 Å². The minimum absolute atomic E-state index is 0.335. The van der Waals surface area contributed by atoms with Gasteiger partial charge in [-0.3, -0.25) is 9.69 Å². The van der Waals surface area contributed by atoms with Gasteiger partial charge in [-0.25, -0.2) is 4.79 Å². The van der Waals surface area contributed by atoms with Gasteiger partial charge in [0, 0.05) is 11.9 Å². The molecule has 2 heterocycles. The highest BCUT2D eigenvalue weighted by Gasteiger charge is 2.29. The molecule has 1 aliphatic heterocycles. The third-order valence-corrected chi connectivity index (χ3v) is 3.66. The zero-order chi connectivity index (χ0) is 13.3. The maximum atomic E-state index is 12.1. The summed E-state index contributed by atoms with van der Waals surface area (Å²) in [7, 11) is 0. The molecule has 0 unspecified atom stereocenters. The molecule has 0 atom stereocenters. The minimum atomic E-state index is -0.502. The lowest BCUT2D eigenvalue weighted by Gasteiger charge is -2.30. The number of rotatable bonds is 1. The predicted octanol–water partition coefficient (Wildman–Crippen LogP) is 3.25. The van der Waals surface area contributed by atoms with Crippen LogP contribution in [0.5, 0.6) is 0 Å². The molecule has 1 amide bonds. The van der Waals surface area contributed by atoms with Crippen molar-refractivity contribution < 1.29 is 14.3 Å². The molecule has 0 saturated heterocycles. The van der Waals surface area contributed by atoms with Crippen LogP contribution in [0, 0.1) is 0 Å². The van der Waals surface area contributed by atoms with Crippen molar-refractivity contribution >= 4 is 29.4 Å². The Morgan fingerprint density at radius 1 is 1.50 bits per heavy atom. The molecule has 2 rings (SSSR count). The fraction of sp³-hybridized carbons (Fsp3) is 0.538. The molecule has 1 aromatic heterocycles. The van der Waals surface area contributed by atoms with E-state index in [0.29, 0.717) is 6.54 Å². The number of carbonyl (C=O) groups is 2. The predicted molar refractivity (Wildman–Crippen MR) is 71.6 cm³/mol. The van der Waals surface area contributed by atoms with Crippen LogP contribution in [0.25, 0.3) is 0 Å². The first-order valence-electron chi connectivity index (χ1n) is 5.98. The molecule has 5 heteroatoms. The second-order valence-corrected chi connectivity index (χ2v) is 6.23. The molecular formula is C13H17NO3S. The van der Waals surface area contributed by atoms with E-state index in [1.165, 1.54) is 11.3 Å². The van der Waals surface area contributed by atoms with Gasteiger partial charge < -0.3 is 4.74 Å². The number of amides is 1. The quantitative estimate of drug-likeness (QED) is 0.734. The summed E-state index contributed by atoms with van der Waals surface area (Å²) in [6, 6.07) is 0. The highest BCUT2D eigenvalue weighted by Crippen LogP contribution is 2.34. The molecule has 0 saturated carbocycles. The van der Waals surface area contributed by atoms with Gasteiger partial charge in [-0.15, -0.1) is 11.3 Å². The van der Waals surface area contributed by atoms with Crippen molar-refractivity contribution in [3.05, 3.63) is 15.8 Å². The molecule has 0 aromatic carbocycles. The summed E-state index contributed by atoms with van der Waals surface area (Å²) in [5, 5.41) is 1.86. The Morgan fingerprint density at radius 2 is 2.22 bits per heavy atom. The van der Waals surface area contributed by atoms with E-state index in [-0.39, 0.29) is 6.09 Å². The SMILES string of the molecule is CC(C)(C)OC(=O)N1CCCc2c1csc2C=O. The Labute approximate surface area is 111 Å². The van der Waals surface area contributed by atoms with E-state index in [1.807, 2.05) is 26.2 Å². The minimum Gasteiger partial charge on any atom is -0.443 e. The van der Waals surface area contributed by atoms with Gasteiger partial charge >= 0.3 is 6.09 Å². The first-order valence-corrected chi connectivity index (χ1v) is 6.86. The van der Waals surface area contributed by atoms with Crippen molar-refractivity contribution in [2.24, 2.45) is 0 Å². The Morgan fingerprint density at radius 3 is 2.83 bits per heavy atom. The third kappa shape index (κ3) is 2.56. The Bertz CT molecular complexity index is 473. The number of nitrogens with zero attached hydrogens (tertiary/aromatic N) is 1. The topological polar surface area (TPSA) is 46.6 Å². The van der Waals surface area contributed by atoms with Gasteiger partial charge in [-0.1, -0.05) is 0 Å². The highest BCUT2D eigenvalue weighted by molar-refractivity contribution is 7.12. The van der Waals surface area contributed by atoms with Crippen molar-refractivity contribution in [3.63, 3.8) is 0 Å². The second-order valence-electron chi connectivity index (χ2n) is 5.32. The highest BCUT2D eigenvalue weighted by atomic mass is 32.1. The molecule has 0 radical (unpaired) electrons. The fourth-order valence-corrected chi connectivity index (χ4v) is 2.92. The van der Waals surface area contributed by atoms with E-state index < -0.39 is 5.60 Å². The second kappa shape index (κ2) is 4.72.